The molecule has 1 unspecified atom stereocenters. The van der Waals surface area contributed by atoms with Gasteiger partial charge in [-0.05, 0) is 50.5 Å². The summed E-state index contributed by atoms with van der Waals surface area (Å²) in [4.78, 5) is 6.97. The molecule has 2 aromatic carbocycles. The first-order valence-corrected chi connectivity index (χ1v) is 9.96. The lowest BCUT2D eigenvalue weighted by molar-refractivity contribution is 0.332. The summed E-state index contributed by atoms with van der Waals surface area (Å²) in [6.07, 6.45) is 1.12. The van der Waals surface area contributed by atoms with Crippen molar-refractivity contribution in [2.75, 3.05) is 43.1 Å². The van der Waals surface area contributed by atoms with Gasteiger partial charge in [-0.2, -0.15) is 0 Å². The molecule has 29 heavy (non-hydrogen) atoms. The summed E-state index contributed by atoms with van der Waals surface area (Å²) in [7, 11) is 0. The second-order valence-corrected chi connectivity index (χ2v) is 6.81. The molecule has 3 N–H and O–H groups in total. The number of nitrogens with one attached hydrogen (secondary N) is 1. The minimum absolute atomic E-state index is 0. The summed E-state index contributed by atoms with van der Waals surface area (Å²) in [5.74, 6) is 2.41. The molecule has 7 heteroatoms. The van der Waals surface area contributed by atoms with Gasteiger partial charge in [0.15, 0.2) is 5.96 Å². The molecule has 0 saturated carbocycles. The number of aliphatic imine (C=N–C) groups is 1. The number of nitrogens with zero attached hydrogens (tertiary/aromatic N) is 2. The molecular weight excluding hydrogens is 479 g/mol. The maximum atomic E-state index is 6.15. The van der Waals surface area contributed by atoms with E-state index in [1.54, 1.807) is 0 Å². The van der Waals surface area contributed by atoms with Gasteiger partial charge >= 0.3 is 0 Å². The summed E-state index contributed by atoms with van der Waals surface area (Å²) in [5.41, 5.74) is 8.19. The van der Waals surface area contributed by atoms with Gasteiger partial charge in [0, 0.05) is 31.4 Å². The van der Waals surface area contributed by atoms with Gasteiger partial charge in [-0.3, -0.25) is 4.99 Å². The molecule has 0 aromatic heterocycles. The standard InChI is InChI=1S/C22H30N4O2.HI/c1-3-27-19-10-11-21(28-4-2)20(14-19)25-22(23)24-15-17-12-13-26(16-17)18-8-6-5-7-9-18;/h5-11,14,17H,3-4,12-13,15-16H2,1-2H3,(H3,23,24,25);1H. The number of hydrogen-bond acceptors (Lipinski definition) is 4. The van der Waals surface area contributed by atoms with Crippen molar-refractivity contribution >= 4 is 41.3 Å². The van der Waals surface area contributed by atoms with Gasteiger partial charge in [0.1, 0.15) is 11.5 Å². The van der Waals surface area contributed by atoms with Crippen molar-refractivity contribution in [3.05, 3.63) is 48.5 Å². The second-order valence-electron chi connectivity index (χ2n) is 6.81. The molecule has 2 aromatic rings. The van der Waals surface area contributed by atoms with E-state index in [9.17, 15) is 0 Å². The summed E-state index contributed by atoms with van der Waals surface area (Å²) in [5, 5.41) is 3.17. The highest BCUT2D eigenvalue weighted by Crippen LogP contribution is 2.29. The van der Waals surface area contributed by atoms with Gasteiger partial charge in [-0.15, -0.1) is 24.0 Å². The zero-order valence-corrected chi connectivity index (χ0v) is 19.5. The van der Waals surface area contributed by atoms with Crippen molar-refractivity contribution in [1.82, 2.24) is 0 Å². The summed E-state index contributed by atoms with van der Waals surface area (Å²) < 4.78 is 11.3. The van der Waals surface area contributed by atoms with Crippen molar-refractivity contribution in [1.29, 1.82) is 0 Å². The topological polar surface area (TPSA) is 72.1 Å². The van der Waals surface area contributed by atoms with E-state index in [2.05, 4.69) is 39.5 Å². The van der Waals surface area contributed by atoms with Crippen LogP contribution in [0.5, 0.6) is 11.5 Å². The Bertz CT molecular complexity index is 786. The fraction of sp³-hybridized carbons (Fsp3) is 0.409. The molecule has 6 nitrogen and oxygen atoms in total. The molecule has 1 heterocycles. The number of rotatable bonds is 8. The molecule has 0 aliphatic carbocycles. The summed E-state index contributed by atoms with van der Waals surface area (Å²) in [6.45, 7) is 7.87. The fourth-order valence-electron chi connectivity index (χ4n) is 3.40. The van der Waals surface area contributed by atoms with Crippen LogP contribution in [0.4, 0.5) is 11.4 Å². The van der Waals surface area contributed by atoms with Crippen LogP contribution >= 0.6 is 24.0 Å². The molecule has 1 aliphatic rings. The lowest BCUT2D eigenvalue weighted by Gasteiger charge is -2.18. The fourth-order valence-corrected chi connectivity index (χ4v) is 3.40. The first-order chi connectivity index (χ1) is 13.7. The SMILES string of the molecule is CCOc1ccc(OCC)c(NC(N)=NCC2CCN(c3ccccc3)C2)c1.I. The van der Waals surface area contributed by atoms with Crippen molar-refractivity contribution in [3.63, 3.8) is 0 Å². The second kappa shape index (κ2) is 11.7. The lowest BCUT2D eigenvalue weighted by atomic mass is 10.1. The highest BCUT2D eigenvalue weighted by molar-refractivity contribution is 14.0. The third-order valence-corrected chi connectivity index (χ3v) is 4.75. The quantitative estimate of drug-likeness (QED) is 0.314. The first kappa shape index (κ1) is 23.1. The predicted octanol–water partition coefficient (Wildman–Crippen LogP) is 4.36. The van der Waals surface area contributed by atoms with E-state index in [1.807, 2.05) is 38.1 Å². The molecule has 0 amide bonds. The Labute approximate surface area is 190 Å². The van der Waals surface area contributed by atoms with Crippen LogP contribution in [0.1, 0.15) is 20.3 Å². The number of benzene rings is 2. The molecule has 0 spiro atoms. The average molecular weight is 510 g/mol. The van der Waals surface area contributed by atoms with Crippen LogP contribution in [0.2, 0.25) is 0 Å². The van der Waals surface area contributed by atoms with Crippen LogP contribution in [0, 0.1) is 5.92 Å². The zero-order valence-electron chi connectivity index (χ0n) is 17.1. The van der Waals surface area contributed by atoms with Crippen molar-refractivity contribution in [3.8, 4) is 11.5 Å². The smallest absolute Gasteiger partial charge is 0.193 e. The predicted molar refractivity (Wildman–Crippen MR) is 131 cm³/mol. The van der Waals surface area contributed by atoms with Gasteiger partial charge in [-0.1, -0.05) is 18.2 Å². The van der Waals surface area contributed by atoms with Crippen LogP contribution in [0.15, 0.2) is 53.5 Å². The van der Waals surface area contributed by atoms with Gasteiger partial charge in [-0.25, -0.2) is 0 Å². The minimum Gasteiger partial charge on any atom is -0.494 e. The number of anilines is 2. The maximum absolute atomic E-state index is 6.15. The van der Waals surface area contributed by atoms with Crippen LogP contribution < -0.4 is 25.4 Å². The number of hydrogen-bond donors (Lipinski definition) is 2. The third kappa shape index (κ3) is 6.69. The molecule has 0 radical (unpaired) electrons. The molecule has 1 atom stereocenters. The molecule has 1 saturated heterocycles. The maximum Gasteiger partial charge on any atom is 0.193 e. The van der Waals surface area contributed by atoms with Crippen LogP contribution in [-0.2, 0) is 0 Å². The zero-order chi connectivity index (χ0) is 19.8. The molecule has 3 rings (SSSR count). The molecule has 1 aliphatic heterocycles. The number of guanidine groups is 1. The number of ether oxygens (including phenoxy) is 2. The number of halogens is 1. The van der Waals surface area contributed by atoms with Gasteiger partial charge < -0.3 is 25.4 Å². The van der Waals surface area contributed by atoms with E-state index in [-0.39, 0.29) is 24.0 Å². The highest BCUT2D eigenvalue weighted by Gasteiger charge is 2.22. The van der Waals surface area contributed by atoms with Gasteiger partial charge in [0.05, 0.1) is 18.9 Å². The van der Waals surface area contributed by atoms with E-state index >= 15 is 0 Å². The molecule has 1 fully saturated rings. The number of para-hydroxylation sites is 1. The molecular formula is C22H31IN4O2. The van der Waals surface area contributed by atoms with Gasteiger partial charge in [0.2, 0.25) is 0 Å². The molecule has 158 valence electrons. The lowest BCUT2D eigenvalue weighted by Crippen LogP contribution is -2.25. The van der Waals surface area contributed by atoms with E-state index in [1.165, 1.54) is 5.69 Å². The van der Waals surface area contributed by atoms with Crippen LogP contribution in [0.3, 0.4) is 0 Å². The Morgan fingerprint density at radius 1 is 1.14 bits per heavy atom. The number of nitrogens with two attached hydrogens (primary N) is 1. The summed E-state index contributed by atoms with van der Waals surface area (Å²) in [6, 6.07) is 16.2. The van der Waals surface area contributed by atoms with Crippen molar-refractivity contribution < 1.29 is 9.47 Å². The average Bonchev–Trinajstić information content (AvgIpc) is 3.19. The Kier molecular flexibility index (Phi) is 9.37. The molecule has 0 bridgehead atoms. The Balaban J connectivity index is 0.00000300. The van der Waals surface area contributed by atoms with Crippen LogP contribution in [-0.4, -0.2) is 38.8 Å². The van der Waals surface area contributed by atoms with E-state index in [4.69, 9.17) is 15.2 Å². The Morgan fingerprint density at radius 3 is 2.62 bits per heavy atom. The van der Waals surface area contributed by atoms with Crippen molar-refractivity contribution in [2.45, 2.75) is 20.3 Å². The normalized spacial score (nSPS) is 16.3. The largest absolute Gasteiger partial charge is 0.494 e. The van der Waals surface area contributed by atoms with E-state index in [0.29, 0.717) is 31.6 Å². The summed E-state index contributed by atoms with van der Waals surface area (Å²) >= 11 is 0. The highest BCUT2D eigenvalue weighted by atomic mass is 127. The van der Waals surface area contributed by atoms with Gasteiger partial charge in [0.25, 0.3) is 0 Å². The monoisotopic (exact) mass is 510 g/mol. The minimum atomic E-state index is 0. The first-order valence-electron chi connectivity index (χ1n) is 9.96. The van der Waals surface area contributed by atoms with Crippen molar-refractivity contribution in [2.24, 2.45) is 16.6 Å². The third-order valence-electron chi connectivity index (χ3n) is 4.75. The Hall–Kier alpha value is -2.16. The Morgan fingerprint density at radius 2 is 1.90 bits per heavy atom. The van der Waals surface area contributed by atoms with Crippen LogP contribution in [0.25, 0.3) is 0 Å². The van der Waals surface area contributed by atoms with E-state index in [0.717, 1.165) is 36.7 Å². The van der Waals surface area contributed by atoms with E-state index < -0.39 is 0 Å².